The van der Waals surface area contributed by atoms with E-state index in [0.29, 0.717) is 0 Å². The van der Waals surface area contributed by atoms with E-state index in [1.54, 1.807) is 0 Å². The predicted molar refractivity (Wildman–Crippen MR) is 342 cm³/mol. The van der Waals surface area contributed by atoms with Gasteiger partial charge in [-0.05, 0) is 129 Å². The van der Waals surface area contributed by atoms with Crippen LogP contribution in [0.15, 0.2) is 315 Å². The van der Waals surface area contributed by atoms with Gasteiger partial charge in [0.15, 0.2) is 0 Å². The highest BCUT2D eigenvalue weighted by atomic mass is 15.1. The van der Waals surface area contributed by atoms with Gasteiger partial charge >= 0.3 is 0 Å². The zero-order chi connectivity index (χ0) is 53.2. The zero-order valence-electron chi connectivity index (χ0n) is 43.9. The summed E-state index contributed by atoms with van der Waals surface area (Å²) in [5.41, 5.74) is 17.7. The molecule has 0 aliphatic rings. The van der Waals surface area contributed by atoms with Gasteiger partial charge in [-0.3, -0.25) is 0 Å². The quantitative estimate of drug-likeness (QED) is 0.120. The van der Waals surface area contributed by atoms with E-state index in [2.05, 4.69) is 336 Å². The molecule has 0 bridgehead atoms. The smallest absolute Gasteiger partial charge is 0.0543 e. The zero-order valence-corrected chi connectivity index (χ0v) is 43.9. The first kappa shape index (κ1) is 47.7. The van der Waals surface area contributed by atoms with Crippen LogP contribution in [0.5, 0.6) is 0 Å². The maximum Gasteiger partial charge on any atom is 0.0543 e. The molecule has 0 amide bonds. The van der Waals surface area contributed by atoms with Crippen LogP contribution in [0.4, 0.5) is 56.9 Å². The van der Waals surface area contributed by atoms with Crippen molar-refractivity contribution < 1.29 is 0 Å². The lowest BCUT2D eigenvalue weighted by Gasteiger charge is -2.28. The molecule has 0 aromatic heterocycles. The molecule has 80 heavy (non-hydrogen) atoms. The normalized spacial score (nSPS) is 11.2. The molecule has 0 heterocycles. The fraction of sp³-hybridized carbons (Fsp3) is 0. The van der Waals surface area contributed by atoms with Crippen molar-refractivity contribution in [3.8, 4) is 33.4 Å². The predicted octanol–water partition coefficient (Wildman–Crippen LogP) is 21.7. The SMILES string of the molecule is c1ccc(-c2ccc3ccccc3c2Nc2ccc(N(c3ccc(-c4ccc(N(c5ccc(Nc6c(-c7ccccc7)ccc7ccccc67)cc5)c5cccc6ccccc56)cc4)cc3)c3cccc4ccccc34)cc2)cc1. The molecular weight excluding hydrogens is 969 g/mol. The highest BCUT2D eigenvalue weighted by molar-refractivity contribution is 6.06. The van der Waals surface area contributed by atoms with E-state index in [1.807, 2.05) is 0 Å². The van der Waals surface area contributed by atoms with Crippen molar-refractivity contribution in [2.24, 2.45) is 0 Å². The van der Waals surface area contributed by atoms with E-state index in [-0.39, 0.29) is 0 Å². The first-order valence-corrected chi connectivity index (χ1v) is 27.3. The van der Waals surface area contributed by atoms with Crippen molar-refractivity contribution in [1.82, 2.24) is 0 Å². The Balaban J connectivity index is 0.786. The molecule has 0 atom stereocenters. The van der Waals surface area contributed by atoms with Gasteiger partial charge in [-0.2, -0.15) is 0 Å². The minimum absolute atomic E-state index is 1.02. The Labute approximate surface area is 466 Å². The van der Waals surface area contributed by atoms with Crippen LogP contribution in [0.1, 0.15) is 0 Å². The molecule has 14 aromatic carbocycles. The van der Waals surface area contributed by atoms with E-state index >= 15 is 0 Å². The highest BCUT2D eigenvalue weighted by Gasteiger charge is 2.20. The summed E-state index contributed by atoms with van der Waals surface area (Å²) < 4.78 is 0. The molecule has 4 heteroatoms. The Morgan fingerprint density at radius 1 is 0.200 bits per heavy atom. The minimum Gasteiger partial charge on any atom is -0.355 e. The van der Waals surface area contributed by atoms with Gasteiger partial charge in [-0.15, -0.1) is 0 Å². The van der Waals surface area contributed by atoms with Crippen LogP contribution in [-0.4, -0.2) is 0 Å². The Bertz CT molecular complexity index is 4200. The molecule has 2 N–H and O–H groups in total. The molecule has 0 spiro atoms. The number of nitrogens with one attached hydrogen (secondary N) is 2. The van der Waals surface area contributed by atoms with Crippen LogP contribution >= 0.6 is 0 Å². The average Bonchev–Trinajstić information content (AvgIpc) is 3.62. The largest absolute Gasteiger partial charge is 0.355 e. The van der Waals surface area contributed by atoms with E-state index in [4.69, 9.17) is 0 Å². The van der Waals surface area contributed by atoms with Gasteiger partial charge in [-0.1, -0.05) is 231 Å². The standard InChI is InChI=1S/C76H54N4/c1-3-17-57(18-4-1)71-51-37-59-23-9-13-29-69(59)75(71)77-61-39-47-65(48-40-61)79(73-31-15-25-55-21-7-11-27-67(55)73)63-43-33-53(34-44-63)54-35-45-64(46-36-54)80(74-32-16-26-56-22-8-12-28-68(56)74)66-49-41-62(42-50-66)78-76-70-30-14-10-24-60(70)38-52-72(76)58-19-5-2-6-20-58/h1-52,77-78H. The summed E-state index contributed by atoms with van der Waals surface area (Å²) in [5.74, 6) is 0. The molecule has 0 radical (unpaired) electrons. The van der Waals surface area contributed by atoms with E-state index < -0.39 is 0 Å². The summed E-state index contributed by atoms with van der Waals surface area (Å²) in [6.45, 7) is 0. The second kappa shape index (κ2) is 21.0. The fourth-order valence-electron chi connectivity index (χ4n) is 11.5. The van der Waals surface area contributed by atoms with Crippen LogP contribution < -0.4 is 20.4 Å². The first-order chi connectivity index (χ1) is 39.7. The van der Waals surface area contributed by atoms with Crippen LogP contribution in [0, 0.1) is 0 Å². The molecule has 0 aliphatic heterocycles. The third-order valence-electron chi connectivity index (χ3n) is 15.4. The second-order valence-electron chi connectivity index (χ2n) is 20.3. The van der Waals surface area contributed by atoms with Crippen LogP contribution in [0.2, 0.25) is 0 Å². The molecule has 0 fully saturated rings. The van der Waals surface area contributed by atoms with Crippen molar-refractivity contribution in [3.63, 3.8) is 0 Å². The highest BCUT2D eigenvalue weighted by Crippen LogP contribution is 2.44. The average molecular weight is 1020 g/mol. The van der Waals surface area contributed by atoms with Gasteiger partial charge in [0.25, 0.3) is 0 Å². The second-order valence-corrected chi connectivity index (χ2v) is 20.3. The van der Waals surface area contributed by atoms with Crippen molar-refractivity contribution in [2.75, 3.05) is 20.4 Å². The third kappa shape index (κ3) is 9.21. The summed E-state index contributed by atoms with van der Waals surface area (Å²) in [6, 6.07) is 113. The van der Waals surface area contributed by atoms with Gasteiger partial charge in [0.05, 0.1) is 22.7 Å². The number of benzene rings is 14. The third-order valence-corrected chi connectivity index (χ3v) is 15.4. The number of rotatable bonds is 13. The maximum atomic E-state index is 3.85. The summed E-state index contributed by atoms with van der Waals surface area (Å²) in [6.07, 6.45) is 0. The maximum absolute atomic E-state index is 3.85. The summed E-state index contributed by atoms with van der Waals surface area (Å²) >= 11 is 0. The monoisotopic (exact) mass is 1020 g/mol. The molecule has 0 saturated heterocycles. The Morgan fingerprint density at radius 3 is 0.875 bits per heavy atom. The molecular formula is C76H54N4. The van der Waals surface area contributed by atoms with E-state index in [1.165, 1.54) is 54.2 Å². The number of nitrogens with zero attached hydrogens (tertiary/aromatic N) is 2. The molecule has 14 rings (SSSR count). The summed E-state index contributed by atoms with van der Waals surface area (Å²) in [4.78, 5) is 4.75. The molecule has 14 aromatic rings. The van der Waals surface area contributed by atoms with Crippen LogP contribution in [-0.2, 0) is 0 Å². The van der Waals surface area contributed by atoms with Crippen molar-refractivity contribution >= 4 is 100.0 Å². The van der Waals surface area contributed by atoms with Crippen molar-refractivity contribution in [3.05, 3.63) is 315 Å². The number of hydrogen-bond donors (Lipinski definition) is 2. The molecule has 0 unspecified atom stereocenters. The topological polar surface area (TPSA) is 30.5 Å². The first-order valence-electron chi connectivity index (χ1n) is 27.3. The van der Waals surface area contributed by atoms with Gasteiger partial charge < -0.3 is 20.4 Å². The number of fused-ring (bicyclic) bond motifs is 4. The van der Waals surface area contributed by atoms with Gasteiger partial charge in [0.1, 0.15) is 0 Å². The van der Waals surface area contributed by atoms with E-state index in [9.17, 15) is 0 Å². The van der Waals surface area contributed by atoms with Crippen LogP contribution in [0.25, 0.3) is 76.5 Å². The molecule has 0 aliphatic carbocycles. The van der Waals surface area contributed by atoms with Gasteiger partial charge in [0, 0.05) is 66.8 Å². The van der Waals surface area contributed by atoms with E-state index in [0.717, 1.165) is 79.1 Å². The lowest BCUT2D eigenvalue weighted by atomic mass is 9.98. The molecule has 0 saturated carbocycles. The van der Waals surface area contributed by atoms with Crippen LogP contribution in [0.3, 0.4) is 0 Å². The molecule has 378 valence electrons. The van der Waals surface area contributed by atoms with Gasteiger partial charge in [0.2, 0.25) is 0 Å². The Hall–Kier alpha value is -10.7. The Kier molecular flexibility index (Phi) is 12.6. The van der Waals surface area contributed by atoms with Crippen molar-refractivity contribution in [1.29, 1.82) is 0 Å². The fourth-order valence-corrected chi connectivity index (χ4v) is 11.5. The lowest BCUT2D eigenvalue weighted by molar-refractivity contribution is 1.29. The lowest BCUT2D eigenvalue weighted by Crippen LogP contribution is -2.11. The summed E-state index contributed by atoms with van der Waals surface area (Å²) in [5, 5.41) is 17.2. The Morgan fingerprint density at radius 2 is 0.500 bits per heavy atom. The number of anilines is 10. The molecule has 4 nitrogen and oxygen atoms in total. The minimum atomic E-state index is 1.02. The summed E-state index contributed by atoms with van der Waals surface area (Å²) in [7, 11) is 0. The van der Waals surface area contributed by atoms with Crippen molar-refractivity contribution in [2.45, 2.75) is 0 Å². The van der Waals surface area contributed by atoms with Gasteiger partial charge in [-0.25, -0.2) is 0 Å². The number of hydrogen-bond acceptors (Lipinski definition) is 4.